The molecule has 2 rings (SSSR count). The lowest BCUT2D eigenvalue weighted by Gasteiger charge is -2.16. The molecule has 0 spiro atoms. The molecule has 0 aromatic heterocycles. The second-order valence-electron chi connectivity index (χ2n) is 4.51. The zero-order valence-electron chi connectivity index (χ0n) is 11.0. The Hall–Kier alpha value is -1.53. The molecule has 2 aromatic carbocycles. The summed E-state index contributed by atoms with van der Waals surface area (Å²) in [4.78, 5) is 0. The number of hydrogen-bond donors (Lipinski definition) is 2. The molecule has 0 saturated heterocycles. The predicted molar refractivity (Wildman–Crippen MR) is 80.8 cm³/mol. The molecule has 0 unspecified atom stereocenters. The molecular weight excluding hydrogens is 345 g/mol. The summed E-state index contributed by atoms with van der Waals surface area (Å²) in [6.45, 7) is 0.634. The van der Waals surface area contributed by atoms with Gasteiger partial charge in [0, 0.05) is 23.2 Å². The monoisotopic (exact) mass is 358 g/mol. The fourth-order valence-electron chi connectivity index (χ4n) is 2.03. The third-order valence-corrected chi connectivity index (χ3v) is 3.59. The minimum Gasteiger partial charge on any atom is -0.380 e. The summed E-state index contributed by atoms with van der Waals surface area (Å²) in [5, 5.41) is 2.85. The first-order valence-corrected chi connectivity index (χ1v) is 7.08. The molecule has 0 radical (unpaired) electrons. The fourth-order valence-corrected chi connectivity index (χ4v) is 2.39. The number of anilines is 1. The maximum atomic E-state index is 13.0. The van der Waals surface area contributed by atoms with Gasteiger partial charge in [0.15, 0.2) is 0 Å². The minimum atomic E-state index is -4.39. The molecule has 3 N–H and O–H groups in total. The lowest BCUT2D eigenvalue weighted by atomic mass is 10.1. The van der Waals surface area contributed by atoms with Gasteiger partial charge in [-0.1, -0.05) is 40.2 Å². The van der Waals surface area contributed by atoms with Crippen molar-refractivity contribution in [2.24, 2.45) is 5.73 Å². The third kappa shape index (κ3) is 3.98. The second kappa shape index (κ2) is 6.49. The Morgan fingerprint density at radius 1 is 1.05 bits per heavy atom. The van der Waals surface area contributed by atoms with Crippen LogP contribution in [0.5, 0.6) is 0 Å². The summed E-state index contributed by atoms with van der Waals surface area (Å²) in [6, 6.07) is 11.3. The Kier molecular flexibility index (Phi) is 4.90. The first kappa shape index (κ1) is 15.9. The summed E-state index contributed by atoms with van der Waals surface area (Å²) in [5.41, 5.74) is 6.78. The number of nitrogens with one attached hydrogen (secondary N) is 1. The van der Waals surface area contributed by atoms with Crippen LogP contribution in [0, 0.1) is 0 Å². The van der Waals surface area contributed by atoms with E-state index < -0.39 is 11.7 Å². The molecule has 6 heteroatoms. The van der Waals surface area contributed by atoms with Gasteiger partial charge in [-0.3, -0.25) is 0 Å². The van der Waals surface area contributed by atoms with Crippen LogP contribution >= 0.6 is 15.9 Å². The molecule has 2 aromatic rings. The molecule has 0 bridgehead atoms. The summed E-state index contributed by atoms with van der Waals surface area (Å²) >= 11 is 3.19. The van der Waals surface area contributed by atoms with Gasteiger partial charge >= 0.3 is 6.18 Å². The van der Waals surface area contributed by atoms with Crippen LogP contribution in [0.15, 0.2) is 46.9 Å². The number of halogens is 4. The van der Waals surface area contributed by atoms with E-state index >= 15 is 0 Å². The van der Waals surface area contributed by atoms with E-state index in [0.29, 0.717) is 11.0 Å². The van der Waals surface area contributed by atoms with Crippen LogP contribution in [0.2, 0.25) is 0 Å². The van der Waals surface area contributed by atoms with Gasteiger partial charge in [-0.2, -0.15) is 13.2 Å². The van der Waals surface area contributed by atoms with Gasteiger partial charge in [0.25, 0.3) is 0 Å². The van der Waals surface area contributed by atoms with E-state index in [-0.39, 0.29) is 12.2 Å². The van der Waals surface area contributed by atoms with Crippen molar-refractivity contribution in [1.82, 2.24) is 0 Å². The standard InChI is InChI=1S/C15H14BrF3N2/c16-12-5-6-13(15(17,18)19)14(7-12)21-9-11-4-2-1-3-10(11)8-20/h1-7,21H,8-9,20H2. The Balaban J connectivity index is 2.25. The van der Waals surface area contributed by atoms with Gasteiger partial charge in [0.1, 0.15) is 0 Å². The molecule has 0 aliphatic heterocycles. The van der Waals surface area contributed by atoms with Crippen LogP contribution in [0.3, 0.4) is 0 Å². The highest BCUT2D eigenvalue weighted by Gasteiger charge is 2.33. The van der Waals surface area contributed by atoms with Gasteiger partial charge in [-0.05, 0) is 29.3 Å². The van der Waals surface area contributed by atoms with E-state index in [4.69, 9.17) is 5.73 Å². The topological polar surface area (TPSA) is 38.0 Å². The lowest BCUT2D eigenvalue weighted by Crippen LogP contribution is -2.12. The lowest BCUT2D eigenvalue weighted by molar-refractivity contribution is -0.137. The molecule has 0 atom stereocenters. The van der Waals surface area contributed by atoms with Crippen molar-refractivity contribution >= 4 is 21.6 Å². The zero-order valence-corrected chi connectivity index (χ0v) is 12.6. The predicted octanol–water partition coefficient (Wildman–Crippen LogP) is 4.54. The van der Waals surface area contributed by atoms with E-state index in [2.05, 4.69) is 21.2 Å². The van der Waals surface area contributed by atoms with E-state index in [0.717, 1.165) is 17.2 Å². The Bertz CT molecular complexity index is 627. The van der Waals surface area contributed by atoms with Gasteiger partial charge < -0.3 is 11.1 Å². The first-order chi connectivity index (χ1) is 9.91. The molecule has 112 valence electrons. The number of benzene rings is 2. The Morgan fingerprint density at radius 2 is 1.71 bits per heavy atom. The molecule has 21 heavy (non-hydrogen) atoms. The van der Waals surface area contributed by atoms with E-state index in [1.54, 1.807) is 0 Å². The van der Waals surface area contributed by atoms with Gasteiger partial charge in [-0.25, -0.2) is 0 Å². The normalized spacial score (nSPS) is 11.5. The van der Waals surface area contributed by atoms with Crippen molar-refractivity contribution in [2.75, 3.05) is 5.32 Å². The van der Waals surface area contributed by atoms with Crippen LogP contribution in [-0.4, -0.2) is 0 Å². The number of nitrogens with two attached hydrogens (primary N) is 1. The highest BCUT2D eigenvalue weighted by molar-refractivity contribution is 9.10. The number of rotatable bonds is 4. The zero-order chi connectivity index (χ0) is 15.5. The first-order valence-electron chi connectivity index (χ1n) is 6.29. The highest BCUT2D eigenvalue weighted by Crippen LogP contribution is 2.36. The van der Waals surface area contributed by atoms with E-state index in [1.165, 1.54) is 12.1 Å². The minimum absolute atomic E-state index is 0.0451. The van der Waals surface area contributed by atoms with Crippen LogP contribution in [0.4, 0.5) is 18.9 Å². The smallest absolute Gasteiger partial charge is 0.380 e. The average Bonchev–Trinajstić information content (AvgIpc) is 2.44. The average molecular weight is 359 g/mol. The number of hydrogen-bond acceptors (Lipinski definition) is 2. The Labute approximate surface area is 129 Å². The Morgan fingerprint density at radius 3 is 2.33 bits per heavy atom. The molecule has 0 aliphatic carbocycles. The molecular formula is C15H14BrF3N2. The SMILES string of the molecule is NCc1ccccc1CNc1cc(Br)ccc1C(F)(F)F. The molecule has 0 heterocycles. The number of alkyl halides is 3. The molecule has 0 aliphatic rings. The third-order valence-electron chi connectivity index (χ3n) is 3.09. The molecule has 0 fully saturated rings. The fraction of sp³-hybridized carbons (Fsp3) is 0.200. The van der Waals surface area contributed by atoms with Gasteiger partial charge in [0.05, 0.1) is 5.56 Å². The summed E-state index contributed by atoms with van der Waals surface area (Å²) in [5.74, 6) is 0. The second-order valence-corrected chi connectivity index (χ2v) is 5.43. The van der Waals surface area contributed by atoms with E-state index in [1.807, 2.05) is 24.3 Å². The van der Waals surface area contributed by atoms with Crippen molar-refractivity contribution in [3.05, 3.63) is 63.6 Å². The highest BCUT2D eigenvalue weighted by atomic mass is 79.9. The maximum absolute atomic E-state index is 13.0. The van der Waals surface area contributed by atoms with Gasteiger partial charge in [0.2, 0.25) is 0 Å². The maximum Gasteiger partial charge on any atom is 0.418 e. The van der Waals surface area contributed by atoms with Crippen LogP contribution in [0.25, 0.3) is 0 Å². The molecule has 2 nitrogen and oxygen atoms in total. The quantitative estimate of drug-likeness (QED) is 0.841. The molecule has 0 amide bonds. The van der Waals surface area contributed by atoms with Crippen molar-refractivity contribution < 1.29 is 13.2 Å². The van der Waals surface area contributed by atoms with Crippen LogP contribution < -0.4 is 11.1 Å². The molecule has 0 saturated carbocycles. The summed E-state index contributed by atoms with van der Waals surface area (Å²) < 4.78 is 39.5. The van der Waals surface area contributed by atoms with Gasteiger partial charge in [-0.15, -0.1) is 0 Å². The van der Waals surface area contributed by atoms with Crippen LogP contribution in [0.1, 0.15) is 16.7 Å². The summed E-state index contributed by atoms with van der Waals surface area (Å²) in [6.07, 6.45) is -4.39. The largest absolute Gasteiger partial charge is 0.418 e. The van der Waals surface area contributed by atoms with E-state index in [9.17, 15) is 13.2 Å². The van der Waals surface area contributed by atoms with Crippen molar-refractivity contribution in [3.63, 3.8) is 0 Å². The van der Waals surface area contributed by atoms with Crippen molar-refractivity contribution in [1.29, 1.82) is 0 Å². The van der Waals surface area contributed by atoms with Crippen molar-refractivity contribution in [3.8, 4) is 0 Å². The summed E-state index contributed by atoms with van der Waals surface area (Å²) in [7, 11) is 0. The van der Waals surface area contributed by atoms with Crippen LogP contribution in [-0.2, 0) is 19.3 Å². The van der Waals surface area contributed by atoms with Crippen molar-refractivity contribution in [2.45, 2.75) is 19.3 Å².